The summed E-state index contributed by atoms with van der Waals surface area (Å²) in [6.45, 7) is 1.65. The van der Waals surface area contributed by atoms with E-state index in [1.54, 1.807) is 11.1 Å². The number of aromatic amines is 1. The van der Waals surface area contributed by atoms with Gasteiger partial charge in [-0.1, -0.05) is 25.5 Å². The lowest BCUT2D eigenvalue weighted by atomic mass is 10.1. The molecule has 2 rings (SSSR count). The number of allylic oxidation sites excluding steroid dienone is 1. The summed E-state index contributed by atoms with van der Waals surface area (Å²) in [5.74, 6) is -1.79. The molecule has 1 aliphatic rings. The predicted molar refractivity (Wildman–Crippen MR) is 86.8 cm³/mol. The molecule has 1 fully saturated rings. The molecule has 4 atom stereocenters. The Hall–Kier alpha value is -2.30. The molecular formula is C16H21FN2O7. The normalized spacial score (nSPS) is 25.7. The number of carbonyl (C=O) groups excluding carboxylic acids is 1. The SMILES string of the molecule is CCC/C=C/CC(=O)OC[C@H]1O[C@@H](n2cc(F)c(=O)[nH]c2=O)[C@H](O)[C@@H]1O. The lowest BCUT2D eigenvalue weighted by Crippen LogP contribution is -2.38. The van der Waals surface area contributed by atoms with Crippen LogP contribution in [0.2, 0.25) is 0 Å². The van der Waals surface area contributed by atoms with Crippen molar-refractivity contribution in [1.82, 2.24) is 9.55 Å². The summed E-state index contributed by atoms with van der Waals surface area (Å²) in [6, 6.07) is 0. The first kappa shape index (κ1) is 20.0. The number of carbonyl (C=O) groups is 1. The van der Waals surface area contributed by atoms with E-state index in [1.807, 2.05) is 13.0 Å². The number of ether oxygens (including phenoxy) is 2. The highest BCUT2D eigenvalue weighted by atomic mass is 19.1. The van der Waals surface area contributed by atoms with Gasteiger partial charge in [0.1, 0.15) is 24.9 Å². The van der Waals surface area contributed by atoms with E-state index < -0.39 is 47.6 Å². The molecule has 1 aliphatic heterocycles. The molecule has 9 nitrogen and oxygen atoms in total. The van der Waals surface area contributed by atoms with Gasteiger partial charge in [0.2, 0.25) is 5.82 Å². The third kappa shape index (κ3) is 4.65. The molecule has 0 unspecified atom stereocenters. The van der Waals surface area contributed by atoms with Crippen LogP contribution in [-0.4, -0.2) is 50.7 Å². The van der Waals surface area contributed by atoms with E-state index in [1.165, 1.54) is 0 Å². The number of nitrogens with one attached hydrogen (secondary N) is 1. The van der Waals surface area contributed by atoms with Gasteiger partial charge in [-0.2, -0.15) is 4.39 Å². The van der Waals surface area contributed by atoms with Crippen LogP contribution in [0.1, 0.15) is 32.4 Å². The maximum absolute atomic E-state index is 13.4. The Labute approximate surface area is 147 Å². The van der Waals surface area contributed by atoms with Gasteiger partial charge in [0.25, 0.3) is 5.56 Å². The Balaban J connectivity index is 1.99. The predicted octanol–water partition coefficient (Wildman–Crippen LogP) is -0.415. The van der Waals surface area contributed by atoms with Crippen molar-refractivity contribution in [1.29, 1.82) is 0 Å². The van der Waals surface area contributed by atoms with Crippen LogP contribution in [-0.2, 0) is 14.3 Å². The van der Waals surface area contributed by atoms with Gasteiger partial charge < -0.3 is 19.7 Å². The Morgan fingerprint density at radius 3 is 2.81 bits per heavy atom. The molecule has 10 heteroatoms. The molecule has 0 spiro atoms. The average molecular weight is 372 g/mol. The van der Waals surface area contributed by atoms with Gasteiger partial charge >= 0.3 is 11.7 Å². The smallest absolute Gasteiger partial charge is 0.330 e. The summed E-state index contributed by atoms with van der Waals surface area (Å²) in [6.07, 6.45) is 0.354. The summed E-state index contributed by atoms with van der Waals surface area (Å²) < 4.78 is 24.3. The van der Waals surface area contributed by atoms with Gasteiger partial charge in [-0.3, -0.25) is 19.1 Å². The number of unbranched alkanes of at least 4 members (excludes halogenated alkanes) is 1. The van der Waals surface area contributed by atoms with E-state index in [0.717, 1.165) is 12.8 Å². The van der Waals surface area contributed by atoms with E-state index in [0.29, 0.717) is 10.8 Å². The molecular weight excluding hydrogens is 351 g/mol. The van der Waals surface area contributed by atoms with E-state index >= 15 is 0 Å². The summed E-state index contributed by atoms with van der Waals surface area (Å²) in [5.41, 5.74) is -2.22. The van der Waals surface area contributed by atoms with Crippen LogP contribution in [0.3, 0.4) is 0 Å². The second-order valence-corrected chi connectivity index (χ2v) is 5.84. The van der Waals surface area contributed by atoms with Crippen LogP contribution < -0.4 is 11.2 Å². The maximum atomic E-state index is 13.4. The first-order valence-electron chi connectivity index (χ1n) is 8.18. The van der Waals surface area contributed by atoms with Crippen LogP contribution in [0.25, 0.3) is 0 Å². The molecule has 0 saturated carbocycles. The van der Waals surface area contributed by atoms with Gasteiger partial charge in [-0.05, 0) is 6.42 Å². The Bertz CT molecular complexity index is 773. The van der Waals surface area contributed by atoms with Crippen molar-refractivity contribution in [2.24, 2.45) is 0 Å². The first-order chi connectivity index (χ1) is 12.3. The Morgan fingerprint density at radius 1 is 1.38 bits per heavy atom. The van der Waals surface area contributed by atoms with E-state index in [9.17, 15) is 29.0 Å². The Kier molecular flexibility index (Phi) is 6.83. The second kappa shape index (κ2) is 8.88. The van der Waals surface area contributed by atoms with Crippen molar-refractivity contribution < 1.29 is 28.9 Å². The fourth-order valence-electron chi connectivity index (χ4n) is 2.44. The zero-order chi connectivity index (χ0) is 19.3. The van der Waals surface area contributed by atoms with E-state index in [-0.39, 0.29) is 13.0 Å². The van der Waals surface area contributed by atoms with Gasteiger partial charge in [-0.25, -0.2) is 4.79 Å². The maximum Gasteiger partial charge on any atom is 0.330 e. The number of H-pyrrole nitrogens is 1. The van der Waals surface area contributed by atoms with E-state index in [2.05, 4.69) is 0 Å². The molecule has 0 aliphatic carbocycles. The number of rotatable bonds is 7. The van der Waals surface area contributed by atoms with E-state index in [4.69, 9.17) is 9.47 Å². The highest BCUT2D eigenvalue weighted by Crippen LogP contribution is 2.28. The number of aliphatic hydroxyl groups is 2. The molecule has 0 bridgehead atoms. The number of aliphatic hydroxyl groups excluding tert-OH is 2. The van der Waals surface area contributed by atoms with Crippen LogP contribution in [0.15, 0.2) is 27.9 Å². The molecule has 1 aromatic rings. The zero-order valence-corrected chi connectivity index (χ0v) is 14.1. The van der Waals surface area contributed by atoms with Crippen molar-refractivity contribution in [2.75, 3.05) is 6.61 Å². The number of hydrogen-bond acceptors (Lipinski definition) is 7. The standard InChI is InChI=1S/C16H21FN2O7/c1-2-3-4-5-6-11(20)25-8-10-12(21)13(22)15(26-10)19-7-9(17)14(23)18-16(19)24/h4-5,7,10,12-13,15,21-22H,2-3,6,8H2,1H3,(H,18,23,24)/b5-4+/t10-,12-,13-,15-/m1/s1. The molecule has 26 heavy (non-hydrogen) atoms. The summed E-state index contributed by atoms with van der Waals surface area (Å²) in [7, 11) is 0. The topological polar surface area (TPSA) is 131 Å². The number of halogens is 1. The quantitative estimate of drug-likeness (QED) is 0.438. The third-order valence-electron chi connectivity index (χ3n) is 3.85. The van der Waals surface area contributed by atoms with Crippen molar-refractivity contribution in [2.45, 2.75) is 50.7 Å². The molecule has 0 radical (unpaired) electrons. The molecule has 1 saturated heterocycles. The summed E-state index contributed by atoms with van der Waals surface area (Å²) in [4.78, 5) is 36.2. The molecule has 2 heterocycles. The van der Waals surface area contributed by atoms with Gasteiger partial charge in [0, 0.05) is 0 Å². The molecule has 0 amide bonds. The molecule has 0 aromatic carbocycles. The lowest BCUT2D eigenvalue weighted by Gasteiger charge is -2.16. The number of aromatic nitrogens is 2. The molecule has 1 aromatic heterocycles. The van der Waals surface area contributed by atoms with Crippen molar-refractivity contribution in [3.63, 3.8) is 0 Å². The van der Waals surface area contributed by atoms with Crippen LogP contribution in [0.4, 0.5) is 4.39 Å². The number of hydrogen-bond donors (Lipinski definition) is 3. The fraction of sp³-hybridized carbons (Fsp3) is 0.562. The van der Waals surface area contributed by atoms with Crippen LogP contribution in [0, 0.1) is 5.82 Å². The first-order valence-corrected chi connectivity index (χ1v) is 8.18. The van der Waals surface area contributed by atoms with Gasteiger partial charge in [-0.15, -0.1) is 0 Å². The zero-order valence-electron chi connectivity index (χ0n) is 14.1. The van der Waals surface area contributed by atoms with Crippen LogP contribution in [0.5, 0.6) is 0 Å². The fourth-order valence-corrected chi connectivity index (χ4v) is 2.44. The van der Waals surface area contributed by atoms with Crippen molar-refractivity contribution in [3.8, 4) is 0 Å². The minimum absolute atomic E-state index is 0.0549. The highest BCUT2D eigenvalue weighted by Gasteiger charge is 2.44. The molecule has 3 N–H and O–H groups in total. The minimum Gasteiger partial charge on any atom is -0.463 e. The largest absolute Gasteiger partial charge is 0.463 e. The lowest BCUT2D eigenvalue weighted by molar-refractivity contribution is -0.149. The third-order valence-corrected chi connectivity index (χ3v) is 3.85. The number of nitrogens with zero attached hydrogens (tertiary/aromatic N) is 1. The number of esters is 1. The van der Waals surface area contributed by atoms with Crippen molar-refractivity contribution in [3.05, 3.63) is 45.0 Å². The van der Waals surface area contributed by atoms with Gasteiger partial charge in [0.15, 0.2) is 6.23 Å². The van der Waals surface area contributed by atoms with Gasteiger partial charge in [0.05, 0.1) is 12.6 Å². The Morgan fingerprint density at radius 2 is 2.12 bits per heavy atom. The summed E-state index contributed by atoms with van der Waals surface area (Å²) in [5, 5.41) is 20.0. The summed E-state index contributed by atoms with van der Waals surface area (Å²) >= 11 is 0. The monoisotopic (exact) mass is 372 g/mol. The highest BCUT2D eigenvalue weighted by molar-refractivity contribution is 5.71. The minimum atomic E-state index is -1.58. The van der Waals surface area contributed by atoms with Crippen LogP contribution >= 0.6 is 0 Å². The average Bonchev–Trinajstić information content (AvgIpc) is 2.88. The second-order valence-electron chi connectivity index (χ2n) is 5.84. The van der Waals surface area contributed by atoms with Crippen molar-refractivity contribution >= 4 is 5.97 Å². The molecule has 144 valence electrons.